The highest BCUT2D eigenvalue weighted by Gasteiger charge is 2.22. The molecule has 80 valence electrons. The zero-order valence-corrected chi connectivity index (χ0v) is 9.83. The second kappa shape index (κ2) is 4.03. The third-order valence-electron chi connectivity index (χ3n) is 2.50. The number of rotatable bonds is 3. The van der Waals surface area contributed by atoms with Gasteiger partial charge in [0.05, 0.1) is 11.9 Å². The fourth-order valence-electron chi connectivity index (χ4n) is 1.63. The van der Waals surface area contributed by atoms with E-state index < -0.39 is 0 Å². The summed E-state index contributed by atoms with van der Waals surface area (Å²) >= 11 is 0. The maximum Gasteiger partial charge on any atom is 0.0728 e. The molecule has 0 fully saturated rings. The summed E-state index contributed by atoms with van der Waals surface area (Å²) in [5, 5.41) is 7.65. The first-order valence-electron chi connectivity index (χ1n) is 5.18. The summed E-state index contributed by atoms with van der Waals surface area (Å²) in [6.45, 7) is 8.97. The minimum atomic E-state index is 0.282. The second-order valence-electron chi connectivity index (χ2n) is 4.87. The van der Waals surface area contributed by atoms with Crippen molar-refractivity contribution in [1.29, 1.82) is 0 Å². The molecule has 1 heterocycles. The Kier molecular flexibility index (Phi) is 3.19. The van der Waals surface area contributed by atoms with Crippen molar-refractivity contribution in [3.8, 4) is 0 Å². The molecule has 0 amide bonds. The van der Waals surface area contributed by atoms with E-state index in [9.17, 15) is 0 Å². The van der Waals surface area contributed by atoms with Gasteiger partial charge in [-0.25, -0.2) is 0 Å². The molecule has 1 unspecified atom stereocenters. The van der Waals surface area contributed by atoms with Gasteiger partial charge >= 0.3 is 0 Å². The zero-order valence-electron chi connectivity index (χ0n) is 9.83. The van der Waals surface area contributed by atoms with Gasteiger partial charge < -0.3 is 5.32 Å². The summed E-state index contributed by atoms with van der Waals surface area (Å²) in [5.41, 5.74) is 1.39. The molecule has 3 heteroatoms. The van der Waals surface area contributed by atoms with Gasteiger partial charge in [0, 0.05) is 19.3 Å². The van der Waals surface area contributed by atoms with Crippen molar-refractivity contribution in [2.24, 2.45) is 12.5 Å². The van der Waals surface area contributed by atoms with Gasteiger partial charge in [-0.2, -0.15) is 5.10 Å². The van der Waals surface area contributed by atoms with Gasteiger partial charge in [0.2, 0.25) is 0 Å². The average Bonchev–Trinajstić information content (AvgIpc) is 2.45. The first-order chi connectivity index (χ1) is 6.43. The summed E-state index contributed by atoms with van der Waals surface area (Å²) in [4.78, 5) is 0. The topological polar surface area (TPSA) is 29.9 Å². The molecule has 1 atom stereocenters. The molecule has 1 N–H and O–H groups in total. The molecule has 0 saturated carbocycles. The largest absolute Gasteiger partial charge is 0.379 e. The smallest absolute Gasteiger partial charge is 0.0728 e. The predicted molar refractivity (Wildman–Crippen MR) is 60.4 cm³/mol. The number of hydrogen-bond donors (Lipinski definition) is 1. The van der Waals surface area contributed by atoms with Gasteiger partial charge in [-0.1, -0.05) is 27.7 Å². The second-order valence-corrected chi connectivity index (χ2v) is 4.87. The van der Waals surface area contributed by atoms with Crippen molar-refractivity contribution in [1.82, 2.24) is 9.78 Å². The fourth-order valence-corrected chi connectivity index (χ4v) is 1.63. The Morgan fingerprint density at radius 3 is 2.50 bits per heavy atom. The molecule has 0 spiro atoms. The van der Waals surface area contributed by atoms with Crippen molar-refractivity contribution in [2.45, 2.75) is 40.2 Å². The molecule has 3 nitrogen and oxygen atoms in total. The maximum absolute atomic E-state index is 4.14. The molecule has 0 radical (unpaired) electrons. The van der Waals surface area contributed by atoms with E-state index in [1.807, 2.05) is 24.1 Å². The lowest BCUT2D eigenvalue weighted by atomic mass is 9.85. The molecule has 1 aromatic heterocycles. The van der Waals surface area contributed by atoms with E-state index in [1.54, 1.807) is 0 Å². The van der Waals surface area contributed by atoms with Crippen molar-refractivity contribution in [2.75, 3.05) is 5.32 Å². The Labute approximate surface area is 86.5 Å². The van der Waals surface area contributed by atoms with Crippen LogP contribution in [0.5, 0.6) is 0 Å². The molecule has 0 aromatic carbocycles. The Hall–Kier alpha value is -0.990. The third kappa shape index (κ3) is 2.76. The van der Waals surface area contributed by atoms with Crippen LogP contribution in [0.4, 0.5) is 5.69 Å². The molecule has 0 aliphatic carbocycles. The first kappa shape index (κ1) is 11.1. The first-order valence-corrected chi connectivity index (χ1v) is 5.18. The molecular weight excluding hydrogens is 174 g/mol. The molecule has 0 aliphatic heterocycles. The van der Waals surface area contributed by atoms with E-state index >= 15 is 0 Å². The third-order valence-corrected chi connectivity index (χ3v) is 2.50. The Morgan fingerprint density at radius 1 is 1.50 bits per heavy atom. The quantitative estimate of drug-likeness (QED) is 0.803. The van der Waals surface area contributed by atoms with Crippen molar-refractivity contribution < 1.29 is 0 Å². The minimum absolute atomic E-state index is 0.282. The maximum atomic E-state index is 4.14. The van der Waals surface area contributed by atoms with E-state index in [1.165, 1.54) is 0 Å². The van der Waals surface area contributed by atoms with Crippen LogP contribution in [0.25, 0.3) is 0 Å². The number of nitrogens with one attached hydrogen (secondary N) is 1. The lowest BCUT2D eigenvalue weighted by molar-refractivity contribution is 0.333. The molecule has 0 saturated heterocycles. The summed E-state index contributed by atoms with van der Waals surface area (Å²) in [6.07, 6.45) is 5.00. The van der Waals surface area contributed by atoms with Gasteiger partial charge in [0.15, 0.2) is 0 Å². The van der Waals surface area contributed by atoms with Crippen LogP contribution in [0.1, 0.15) is 34.1 Å². The number of aryl methyl sites for hydroxylation is 1. The number of anilines is 1. The van der Waals surface area contributed by atoms with Gasteiger partial charge in [-0.05, 0) is 11.8 Å². The highest BCUT2D eigenvalue weighted by molar-refractivity contribution is 5.39. The van der Waals surface area contributed by atoms with Crippen LogP contribution in [0.3, 0.4) is 0 Å². The van der Waals surface area contributed by atoms with Gasteiger partial charge in [-0.3, -0.25) is 4.68 Å². The van der Waals surface area contributed by atoms with Crippen molar-refractivity contribution in [3.05, 3.63) is 12.4 Å². The van der Waals surface area contributed by atoms with Crippen LogP contribution < -0.4 is 5.32 Å². The number of aromatic nitrogens is 2. The summed E-state index contributed by atoms with van der Waals surface area (Å²) in [6, 6.07) is 0.492. The van der Waals surface area contributed by atoms with Crippen molar-refractivity contribution >= 4 is 5.69 Å². The molecule has 14 heavy (non-hydrogen) atoms. The summed E-state index contributed by atoms with van der Waals surface area (Å²) in [5.74, 6) is 0. The molecule has 1 aromatic rings. The average molecular weight is 195 g/mol. The van der Waals surface area contributed by atoms with Crippen LogP contribution in [-0.2, 0) is 7.05 Å². The van der Waals surface area contributed by atoms with Crippen LogP contribution in [-0.4, -0.2) is 15.8 Å². The minimum Gasteiger partial charge on any atom is -0.379 e. The van der Waals surface area contributed by atoms with Crippen LogP contribution >= 0.6 is 0 Å². The molecule has 0 aliphatic rings. The van der Waals surface area contributed by atoms with Crippen LogP contribution in [0.2, 0.25) is 0 Å². The SMILES string of the molecule is CCC(Nc1cnn(C)c1)C(C)(C)C. The molecular formula is C11H21N3. The number of nitrogens with zero attached hydrogens (tertiary/aromatic N) is 2. The Balaban J connectivity index is 2.66. The summed E-state index contributed by atoms with van der Waals surface area (Å²) in [7, 11) is 1.93. The number of hydrogen-bond acceptors (Lipinski definition) is 2. The van der Waals surface area contributed by atoms with Gasteiger partial charge in [0.1, 0.15) is 0 Å². The van der Waals surface area contributed by atoms with E-state index in [4.69, 9.17) is 0 Å². The van der Waals surface area contributed by atoms with E-state index in [-0.39, 0.29) is 5.41 Å². The molecule has 0 bridgehead atoms. The normalized spacial score (nSPS) is 14.1. The van der Waals surface area contributed by atoms with E-state index in [2.05, 4.69) is 38.1 Å². The summed E-state index contributed by atoms with van der Waals surface area (Å²) < 4.78 is 1.82. The zero-order chi connectivity index (χ0) is 10.8. The van der Waals surface area contributed by atoms with Gasteiger partial charge in [0.25, 0.3) is 0 Å². The Bertz CT molecular complexity index is 283. The lowest BCUT2D eigenvalue weighted by Crippen LogP contribution is -2.33. The van der Waals surface area contributed by atoms with Crippen molar-refractivity contribution in [3.63, 3.8) is 0 Å². The van der Waals surface area contributed by atoms with E-state index in [0.717, 1.165) is 12.1 Å². The predicted octanol–water partition coefficient (Wildman–Crippen LogP) is 2.66. The molecule has 1 rings (SSSR count). The lowest BCUT2D eigenvalue weighted by Gasteiger charge is -2.30. The van der Waals surface area contributed by atoms with Crippen LogP contribution in [0, 0.1) is 5.41 Å². The Morgan fingerprint density at radius 2 is 2.14 bits per heavy atom. The fraction of sp³-hybridized carbons (Fsp3) is 0.727. The van der Waals surface area contributed by atoms with Gasteiger partial charge in [-0.15, -0.1) is 0 Å². The standard InChI is InChI=1S/C11H21N3/c1-6-10(11(2,3)4)13-9-7-12-14(5)8-9/h7-8,10,13H,6H2,1-5H3. The highest BCUT2D eigenvalue weighted by atomic mass is 15.3. The van der Waals surface area contributed by atoms with Crippen LogP contribution in [0.15, 0.2) is 12.4 Å². The van der Waals surface area contributed by atoms with E-state index in [0.29, 0.717) is 6.04 Å². The highest BCUT2D eigenvalue weighted by Crippen LogP contribution is 2.24. The monoisotopic (exact) mass is 195 g/mol.